The van der Waals surface area contributed by atoms with E-state index in [1.165, 1.54) is 24.1 Å². The molecule has 1 aromatic heterocycles. The molecule has 4 rings (SSSR count). The average Bonchev–Trinajstić information content (AvgIpc) is 2.98. The molecular formula is C16H14F3N3O3. The molecular weight excluding hydrogens is 339 g/mol. The fourth-order valence-electron chi connectivity index (χ4n) is 3.85. The lowest BCUT2D eigenvalue weighted by Crippen LogP contribution is -2.55. The number of hydrogen-bond acceptors (Lipinski definition) is 4. The second kappa shape index (κ2) is 4.54. The highest BCUT2D eigenvalue weighted by Crippen LogP contribution is 2.55. The van der Waals surface area contributed by atoms with Crippen molar-refractivity contribution >= 4 is 11.5 Å². The number of alkyl halides is 3. The Bertz CT molecular complexity index is 1040. The van der Waals surface area contributed by atoms with Crippen molar-refractivity contribution in [3.05, 3.63) is 55.7 Å². The highest BCUT2D eigenvalue weighted by Gasteiger charge is 2.63. The smallest absolute Gasteiger partial charge is 0.372 e. The summed E-state index contributed by atoms with van der Waals surface area (Å²) in [6.45, 7) is 0.327. The molecule has 25 heavy (non-hydrogen) atoms. The number of aliphatic hydroxyl groups is 1. The molecule has 0 amide bonds. The zero-order chi connectivity index (χ0) is 18.3. The van der Waals surface area contributed by atoms with Crippen LogP contribution in [0.5, 0.6) is 0 Å². The maximum absolute atomic E-state index is 14.0. The summed E-state index contributed by atoms with van der Waals surface area (Å²) >= 11 is 0. The van der Waals surface area contributed by atoms with Crippen molar-refractivity contribution in [2.45, 2.75) is 18.2 Å². The van der Waals surface area contributed by atoms with Gasteiger partial charge in [-0.3, -0.25) is 13.9 Å². The van der Waals surface area contributed by atoms with Crippen molar-refractivity contribution < 1.29 is 18.3 Å². The molecule has 3 heterocycles. The first-order valence-corrected chi connectivity index (χ1v) is 7.60. The van der Waals surface area contributed by atoms with E-state index < -0.39 is 28.6 Å². The van der Waals surface area contributed by atoms with Gasteiger partial charge in [0.25, 0.3) is 5.56 Å². The van der Waals surface area contributed by atoms with E-state index in [-0.39, 0.29) is 17.1 Å². The third-order valence-corrected chi connectivity index (χ3v) is 5.05. The second-order valence-corrected chi connectivity index (χ2v) is 6.33. The number of hydrogen-bond donors (Lipinski definition) is 1. The Kier molecular flexibility index (Phi) is 2.90. The van der Waals surface area contributed by atoms with Gasteiger partial charge in [-0.2, -0.15) is 13.2 Å². The van der Waals surface area contributed by atoms with Crippen molar-refractivity contribution in [2.75, 3.05) is 11.4 Å². The minimum absolute atomic E-state index is 0.203. The summed E-state index contributed by atoms with van der Waals surface area (Å²) in [4.78, 5) is 26.4. The predicted octanol–water partition coefficient (Wildman–Crippen LogP) is 0.890. The first-order valence-electron chi connectivity index (χ1n) is 7.60. The van der Waals surface area contributed by atoms with Crippen LogP contribution in [0.15, 0.2) is 27.8 Å². The zero-order valence-corrected chi connectivity index (χ0v) is 13.4. The molecule has 0 saturated carbocycles. The molecule has 2 aliphatic heterocycles. The van der Waals surface area contributed by atoms with E-state index in [9.17, 15) is 27.9 Å². The van der Waals surface area contributed by atoms with E-state index in [1.807, 2.05) is 0 Å². The molecule has 9 heteroatoms. The fourth-order valence-corrected chi connectivity index (χ4v) is 3.85. The third-order valence-electron chi connectivity index (χ3n) is 5.05. The van der Waals surface area contributed by atoms with Gasteiger partial charge in [-0.05, 0) is 12.0 Å². The lowest BCUT2D eigenvalue weighted by molar-refractivity contribution is -0.249. The van der Waals surface area contributed by atoms with Crippen LogP contribution in [0.3, 0.4) is 0 Å². The summed E-state index contributed by atoms with van der Waals surface area (Å²) in [6, 6.07) is 4.30. The lowest BCUT2D eigenvalue weighted by Gasteiger charge is -2.41. The molecule has 0 spiro atoms. The van der Waals surface area contributed by atoms with Gasteiger partial charge in [0.05, 0.1) is 5.69 Å². The molecule has 0 bridgehead atoms. The average molecular weight is 353 g/mol. The van der Waals surface area contributed by atoms with Gasteiger partial charge in [-0.15, -0.1) is 0 Å². The fraction of sp³-hybridized carbons (Fsp3) is 0.375. The Morgan fingerprint density at radius 3 is 2.48 bits per heavy atom. The Balaban J connectivity index is 2.27. The first-order chi connectivity index (χ1) is 11.6. The van der Waals surface area contributed by atoms with Gasteiger partial charge in [0.1, 0.15) is 11.4 Å². The molecule has 1 unspecified atom stereocenters. The highest BCUT2D eigenvalue weighted by atomic mass is 19.4. The van der Waals surface area contributed by atoms with Crippen LogP contribution in [-0.4, -0.2) is 27.0 Å². The van der Waals surface area contributed by atoms with Gasteiger partial charge in [0.15, 0.2) is 0 Å². The summed E-state index contributed by atoms with van der Waals surface area (Å²) in [5.41, 5.74) is -5.73. The quantitative estimate of drug-likeness (QED) is 0.764. The number of benzene rings is 1. The number of rotatable bonds is 0. The molecule has 0 aliphatic carbocycles. The summed E-state index contributed by atoms with van der Waals surface area (Å²) in [6.07, 6.45) is -4.67. The van der Waals surface area contributed by atoms with Crippen LogP contribution in [0.4, 0.5) is 24.7 Å². The van der Waals surface area contributed by atoms with Crippen molar-refractivity contribution in [3.63, 3.8) is 0 Å². The molecule has 0 saturated heterocycles. The van der Waals surface area contributed by atoms with E-state index >= 15 is 0 Å². The minimum atomic E-state index is -5.13. The van der Waals surface area contributed by atoms with Crippen LogP contribution in [-0.2, 0) is 26.1 Å². The van der Waals surface area contributed by atoms with E-state index in [4.69, 9.17) is 0 Å². The van der Waals surface area contributed by atoms with Crippen molar-refractivity contribution in [1.29, 1.82) is 0 Å². The zero-order valence-electron chi connectivity index (χ0n) is 13.4. The Morgan fingerprint density at radius 1 is 1.16 bits per heavy atom. The number of aromatic nitrogens is 2. The second-order valence-electron chi connectivity index (χ2n) is 6.33. The van der Waals surface area contributed by atoms with E-state index in [1.54, 1.807) is 6.07 Å². The summed E-state index contributed by atoms with van der Waals surface area (Å²) in [7, 11) is 2.39. The number of fused-ring (bicyclic) bond motifs is 2. The van der Waals surface area contributed by atoms with Gasteiger partial charge in [0.2, 0.25) is 5.60 Å². The van der Waals surface area contributed by atoms with Crippen LogP contribution in [0.25, 0.3) is 0 Å². The first kappa shape index (κ1) is 15.9. The van der Waals surface area contributed by atoms with Crippen LogP contribution in [0.1, 0.15) is 16.7 Å². The minimum Gasteiger partial charge on any atom is -0.372 e. The molecule has 2 aromatic rings. The van der Waals surface area contributed by atoms with Gasteiger partial charge in [-0.1, -0.05) is 18.2 Å². The van der Waals surface area contributed by atoms with E-state index in [2.05, 4.69) is 0 Å². The topological polar surface area (TPSA) is 67.5 Å². The Morgan fingerprint density at radius 2 is 1.84 bits per heavy atom. The predicted molar refractivity (Wildman–Crippen MR) is 83.1 cm³/mol. The number of para-hydroxylation sites is 1. The molecule has 6 nitrogen and oxygen atoms in total. The normalized spacial score (nSPS) is 21.3. The van der Waals surface area contributed by atoms with Gasteiger partial charge >= 0.3 is 11.9 Å². The van der Waals surface area contributed by atoms with Crippen molar-refractivity contribution in [2.24, 2.45) is 14.1 Å². The number of halogens is 3. The van der Waals surface area contributed by atoms with Crippen LogP contribution >= 0.6 is 0 Å². The standard InChI is InChI=1S/C16H14F3N3O3/c1-20-12-10(13(23)21(2)14(20)24)15(25,16(17,18)19)9-5-3-4-8-6-7-22(12)11(8)9/h3-5,25H,6-7H2,1-2H3. The van der Waals surface area contributed by atoms with Crippen molar-refractivity contribution in [1.82, 2.24) is 9.13 Å². The molecule has 1 aromatic carbocycles. The Labute approximate surface area is 139 Å². The number of anilines is 2. The van der Waals surface area contributed by atoms with Crippen molar-refractivity contribution in [3.8, 4) is 0 Å². The highest BCUT2D eigenvalue weighted by molar-refractivity contribution is 5.80. The summed E-state index contributed by atoms with van der Waals surface area (Å²) in [5.74, 6) is -0.203. The van der Waals surface area contributed by atoms with Gasteiger partial charge < -0.3 is 10.0 Å². The molecule has 1 N–H and O–H groups in total. The monoisotopic (exact) mass is 353 g/mol. The molecule has 0 radical (unpaired) electrons. The molecule has 132 valence electrons. The molecule has 1 atom stereocenters. The van der Waals surface area contributed by atoms with Gasteiger partial charge in [0, 0.05) is 26.2 Å². The molecule has 2 aliphatic rings. The lowest BCUT2D eigenvalue weighted by atomic mass is 9.81. The largest absolute Gasteiger partial charge is 0.426 e. The summed E-state index contributed by atoms with van der Waals surface area (Å²) in [5, 5.41) is 10.8. The van der Waals surface area contributed by atoms with Gasteiger partial charge in [-0.25, -0.2) is 4.79 Å². The van der Waals surface area contributed by atoms with Crippen LogP contribution < -0.4 is 16.1 Å². The maximum atomic E-state index is 14.0. The molecule has 0 fully saturated rings. The third kappa shape index (κ3) is 1.68. The van der Waals surface area contributed by atoms with Crippen LogP contribution in [0, 0.1) is 0 Å². The maximum Gasteiger partial charge on any atom is 0.426 e. The number of nitrogens with zero attached hydrogens (tertiary/aromatic N) is 3. The van der Waals surface area contributed by atoms with E-state index in [0.717, 1.165) is 11.6 Å². The Hall–Kier alpha value is -2.55. The van der Waals surface area contributed by atoms with E-state index in [0.29, 0.717) is 23.1 Å². The van der Waals surface area contributed by atoms with Crippen LogP contribution in [0.2, 0.25) is 0 Å². The summed E-state index contributed by atoms with van der Waals surface area (Å²) < 4.78 is 43.6. The SMILES string of the molecule is Cn1c2c(c(=O)n(C)c1=O)C(O)(C(F)(F)F)c1cccc3c1N2CC3.